The molecule has 4 nitrogen and oxygen atoms in total. The van der Waals surface area contributed by atoms with Crippen LogP contribution in [-0.2, 0) is 0 Å². The third-order valence-corrected chi connectivity index (χ3v) is 1.51. The molecule has 1 heterocycles. The van der Waals surface area contributed by atoms with Crippen molar-refractivity contribution in [2.24, 2.45) is 0 Å². The topological polar surface area (TPSA) is 62.6 Å². The molecule has 0 aliphatic carbocycles. The lowest BCUT2D eigenvalue weighted by atomic mass is 9.81. The van der Waals surface area contributed by atoms with Crippen molar-refractivity contribution in [2.45, 2.75) is 13.5 Å². The zero-order chi connectivity index (χ0) is 10.7. The molecule has 1 rings (SSSR count). The molecule has 0 amide bonds. The highest BCUT2D eigenvalue weighted by Gasteiger charge is 2.20. The van der Waals surface area contributed by atoms with Gasteiger partial charge in [-0.3, -0.25) is 0 Å². The van der Waals surface area contributed by atoms with Gasteiger partial charge in [0.05, 0.1) is 0 Å². The van der Waals surface area contributed by atoms with E-state index >= 15 is 0 Å². The maximum absolute atomic E-state index is 11.9. The van der Waals surface area contributed by atoms with Crippen molar-refractivity contribution < 1.29 is 23.6 Å². The maximum atomic E-state index is 11.9. The van der Waals surface area contributed by atoms with E-state index in [1.54, 1.807) is 6.92 Å². The SMILES string of the molecule is Cc1ccc(B(O)O)c(OC(F)F)n1. The highest BCUT2D eigenvalue weighted by molar-refractivity contribution is 6.59. The van der Waals surface area contributed by atoms with Gasteiger partial charge in [-0.15, -0.1) is 0 Å². The van der Waals surface area contributed by atoms with Crippen molar-refractivity contribution in [3.05, 3.63) is 17.8 Å². The van der Waals surface area contributed by atoms with E-state index in [1.165, 1.54) is 12.1 Å². The van der Waals surface area contributed by atoms with Gasteiger partial charge >= 0.3 is 13.7 Å². The zero-order valence-corrected chi connectivity index (χ0v) is 7.32. The molecular weight excluding hydrogens is 195 g/mol. The summed E-state index contributed by atoms with van der Waals surface area (Å²) in [5.41, 5.74) is 0.265. The first-order chi connectivity index (χ1) is 6.50. The van der Waals surface area contributed by atoms with Gasteiger partial charge in [-0.1, -0.05) is 6.07 Å². The van der Waals surface area contributed by atoms with Gasteiger partial charge in [-0.2, -0.15) is 8.78 Å². The Labute approximate surface area is 79.3 Å². The van der Waals surface area contributed by atoms with Crippen LogP contribution in [0.15, 0.2) is 12.1 Å². The van der Waals surface area contributed by atoms with E-state index < -0.39 is 19.6 Å². The number of aryl methyl sites for hydroxylation is 1. The standard InChI is InChI=1S/C7H8BF2NO3/c1-4-2-3-5(8(12)13)6(11-4)14-7(9)10/h2-3,7,12-13H,1H3. The first-order valence-corrected chi connectivity index (χ1v) is 3.79. The second kappa shape index (κ2) is 4.34. The van der Waals surface area contributed by atoms with Crippen LogP contribution in [0.5, 0.6) is 5.88 Å². The zero-order valence-electron chi connectivity index (χ0n) is 7.32. The fourth-order valence-electron chi connectivity index (χ4n) is 0.919. The second-order valence-corrected chi connectivity index (χ2v) is 2.60. The van der Waals surface area contributed by atoms with Gasteiger partial charge in [0.25, 0.3) is 0 Å². The van der Waals surface area contributed by atoms with Crippen LogP contribution >= 0.6 is 0 Å². The number of aromatic nitrogens is 1. The highest BCUT2D eigenvalue weighted by atomic mass is 19.3. The Hall–Kier alpha value is -1.21. The Morgan fingerprint density at radius 1 is 1.43 bits per heavy atom. The van der Waals surface area contributed by atoms with Gasteiger partial charge in [0.1, 0.15) is 0 Å². The molecule has 0 unspecified atom stereocenters. The van der Waals surface area contributed by atoms with Crippen LogP contribution in [0.25, 0.3) is 0 Å². The van der Waals surface area contributed by atoms with E-state index in [-0.39, 0.29) is 5.46 Å². The summed E-state index contributed by atoms with van der Waals surface area (Å²) in [6.45, 7) is -1.46. The number of hydrogen-bond acceptors (Lipinski definition) is 4. The van der Waals surface area contributed by atoms with Gasteiger partial charge in [0.2, 0.25) is 5.88 Å². The number of rotatable bonds is 3. The fourth-order valence-corrected chi connectivity index (χ4v) is 0.919. The molecule has 0 aromatic carbocycles. The Morgan fingerprint density at radius 2 is 2.07 bits per heavy atom. The van der Waals surface area contributed by atoms with E-state index in [0.29, 0.717) is 5.69 Å². The van der Waals surface area contributed by atoms with Crippen molar-refractivity contribution in [2.75, 3.05) is 0 Å². The van der Waals surface area contributed by atoms with Gasteiger partial charge in [-0.25, -0.2) is 4.98 Å². The van der Waals surface area contributed by atoms with E-state index in [0.717, 1.165) is 0 Å². The normalized spacial score (nSPS) is 10.4. The number of ether oxygens (including phenoxy) is 1. The Morgan fingerprint density at radius 3 is 2.57 bits per heavy atom. The smallest absolute Gasteiger partial charge is 0.423 e. The van der Waals surface area contributed by atoms with Gasteiger partial charge in [0, 0.05) is 11.2 Å². The number of pyridine rings is 1. The van der Waals surface area contributed by atoms with Crippen molar-refractivity contribution in [3.8, 4) is 5.88 Å². The lowest BCUT2D eigenvalue weighted by molar-refractivity contribution is -0.0522. The summed E-state index contributed by atoms with van der Waals surface area (Å²) in [7, 11) is -1.88. The molecule has 0 fully saturated rings. The number of halogens is 2. The molecule has 0 aliphatic heterocycles. The molecule has 7 heteroatoms. The molecule has 76 valence electrons. The van der Waals surface area contributed by atoms with Crippen molar-refractivity contribution in [3.63, 3.8) is 0 Å². The summed E-state index contributed by atoms with van der Waals surface area (Å²) in [6.07, 6.45) is 0. The average Bonchev–Trinajstić information content (AvgIpc) is 2.01. The molecule has 0 saturated carbocycles. The quantitative estimate of drug-likeness (QED) is 0.660. The lowest BCUT2D eigenvalue weighted by Gasteiger charge is -2.09. The summed E-state index contributed by atoms with van der Waals surface area (Å²) >= 11 is 0. The van der Waals surface area contributed by atoms with Crippen molar-refractivity contribution in [1.29, 1.82) is 0 Å². The third-order valence-electron chi connectivity index (χ3n) is 1.51. The molecule has 0 saturated heterocycles. The molecule has 0 aliphatic rings. The first-order valence-electron chi connectivity index (χ1n) is 3.79. The molecular formula is C7H8BF2NO3. The Kier molecular flexibility index (Phi) is 3.37. The summed E-state index contributed by atoms with van der Waals surface area (Å²) in [4.78, 5) is 3.61. The van der Waals surface area contributed by atoms with E-state index in [4.69, 9.17) is 10.0 Å². The monoisotopic (exact) mass is 203 g/mol. The second-order valence-electron chi connectivity index (χ2n) is 2.60. The van der Waals surface area contributed by atoms with Gasteiger partial charge < -0.3 is 14.8 Å². The van der Waals surface area contributed by atoms with E-state index in [9.17, 15) is 8.78 Å². The van der Waals surface area contributed by atoms with Crippen LogP contribution in [0.4, 0.5) is 8.78 Å². The summed E-state index contributed by atoms with van der Waals surface area (Å²) < 4.78 is 27.8. The molecule has 0 bridgehead atoms. The lowest BCUT2D eigenvalue weighted by Crippen LogP contribution is -2.32. The minimum atomic E-state index is -3.04. The van der Waals surface area contributed by atoms with E-state index in [1.807, 2.05) is 0 Å². The summed E-state index contributed by atoms with van der Waals surface area (Å²) in [5, 5.41) is 17.6. The van der Waals surface area contributed by atoms with Crippen LogP contribution in [-0.4, -0.2) is 28.8 Å². The van der Waals surface area contributed by atoms with Crippen molar-refractivity contribution in [1.82, 2.24) is 4.98 Å². The van der Waals surface area contributed by atoms with Crippen LogP contribution in [0.3, 0.4) is 0 Å². The average molecular weight is 203 g/mol. The third kappa shape index (κ3) is 2.64. The summed E-state index contributed by atoms with van der Waals surface area (Å²) in [6, 6.07) is 2.73. The molecule has 0 spiro atoms. The minimum absolute atomic E-state index is 0.184. The van der Waals surface area contributed by atoms with Crippen LogP contribution in [0.2, 0.25) is 0 Å². The van der Waals surface area contributed by atoms with Crippen LogP contribution in [0, 0.1) is 6.92 Å². The molecule has 1 aromatic heterocycles. The Bertz CT molecular complexity index is 322. The molecule has 14 heavy (non-hydrogen) atoms. The number of alkyl halides is 2. The van der Waals surface area contributed by atoms with Gasteiger partial charge in [-0.05, 0) is 13.0 Å². The highest BCUT2D eigenvalue weighted by Crippen LogP contribution is 2.08. The van der Waals surface area contributed by atoms with E-state index in [2.05, 4.69) is 9.72 Å². The largest absolute Gasteiger partial charge is 0.494 e. The van der Waals surface area contributed by atoms with Crippen LogP contribution < -0.4 is 10.2 Å². The number of hydrogen-bond donors (Lipinski definition) is 2. The Balaban J connectivity index is 3.03. The summed E-state index contributed by atoms with van der Waals surface area (Å²) in [5.74, 6) is -0.463. The predicted molar refractivity (Wildman–Crippen MR) is 45.4 cm³/mol. The van der Waals surface area contributed by atoms with Gasteiger partial charge in [0.15, 0.2) is 0 Å². The maximum Gasteiger partial charge on any atom is 0.494 e. The predicted octanol–water partition coefficient (Wildman–Crippen LogP) is -0.329. The first kappa shape index (κ1) is 10.9. The molecule has 2 N–H and O–H groups in total. The fraction of sp³-hybridized carbons (Fsp3) is 0.286. The van der Waals surface area contributed by atoms with Crippen LogP contribution in [0.1, 0.15) is 5.69 Å². The van der Waals surface area contributed by atoms with Crippen molar-refractivity contribution >= 4 is 12.6 Å². The minimum Gasteiger partial charge on any atom is -0.423 e. The molecule has 1 aromatic rings. The molecule has 0 atom stereocenters. The number of nitrogens with zero attached hydrogens (tertiary/aromatic N) is 1. The molecule has 0 radical (unpaired) electrons.